The minimum Gasteiger partial charge on any atom is -0.497 e. The number of nitrogens with zero attached hydrogens (tertiary/aromatic N) is 3. The fraction of sp³-hybridized carbons (Fsp3) is 0.115. The summed E-state index contributed by atoms with van der Waals surface area (Å²) in [5.41, 5.74) is 4.10. The Balaban J connectivity index is 1.56. The Morgan fingerprint density at radius 2 is 1.85 bits per heavy atom. The molecule has 0 fully saturated rings. The molecule has 1 unspecified atom stereocenters. The minimum absolute atomic E-state index is 0.0812. The van der Waals surface area contributed by atoms with E-state index in [0.717, 1.165) is 49.3 Å². The second-order valence-electron chi connectivity index (χ2n) is 7.62. The number of ether oxygens (including phenoxy) is 1. The number of hydrogen-bond donors (Lipinski definition) is 0. The van der Waals surface area contributed by atoms with E-state index in [1.165, 1.54) is 0 Å². The molecule has 3 aromatic rings. The van der Waals surface area contributed by atoms with Crippen LogP contribution in [-0.4, -0.2) is 28.9 Å². The van der Waals surface area contributed by atoms with Crippen molar-refractivity contribution < 1.29 is 9.53 Å². The maximum atomic E-state index is 12.4. The molecule has 164 valence electrons. The summed E-state index contributed by atoms with van der Waals surface area (Å²) in [6, 6.07) is 26.0. The Morgan fingerprint density at radius 3 is 2.58 bits per heavy atom. The maximum absolute atomic E-state index is 12.4. The van der Waals surface area contributed by atoms with Crippen LogP contribution < -0.4 is 4.74 Å². The van der Waals surface area contributed by atoms with Crippen LogP contribution in [0.25, 0.3) is 6.08 Å². The van der Waals surface area contributed by atoms with Crippen molar-refractivity contribution >= 4 is 50.6 Å². The van der Waals surface area contributed by atoms with E-state index in [-0.39, 0.29) is 11.3 Å². The van der Waals surface area contributed by atoms with E-state index in [0.29, 0.717) is 12.3 Å². The molecule has 0 N–H and O–H groups in total. The second-order valence-corrected chi connectivity index (χ2v) is 9.53. The van der Waals surface area contributed by atoms with Gasteiger partial charge in [-0.15, -0.1) is 0 Å². The Labute approximate surface area is 205 Å². The lowest BCUT2D eigenvalue weighted by atomic mass is 9.98. The molecule has 5 nitrogen and oxygen atoms in total. The molecule has 1 atom stereocenters. The minimum atomic E-state index is -0.233. The summed E-state index contributed by atoms with van der Waals surface area (Å²) in [5, 5.41) is 6.62. The average molecular weight is 518 g/mol. The molecular weight excluding hydrogens is 498 g/mol. The molecule has 0 bridgehead atoms. The third-order valence-corrected chi connectivity index (χ3v) is 6.78. The fourth-order valence-corrected chi connectivity index (χ4v) is 5.07. The van der Waals surface area contributed by atoms with Crippen molar-refractivity contribution in [2.45, 2.75) is 12.5 Å². The number of halogens is 1. The van der Waals surface area contributed by atoms with Crippen LogP contribution in [0.2, 0.25) is 0 Å². The molecule has 0 aliphatic carbocycles. The normalized spacial score (nSPS) is 19.1. The van der Waals surface area contributed by atoms with E-state index in [4.69, 9.17) is 9.84 Å². The van der Waals surface area contributed by atoms with Crippen LogP contribution in [0.5, 0.6) is 5.75 Å². The van der Waals surface area contributed by atoms with Crippen molar-refractivity contribution in [3.05, 3.63) is 105 Å². The van der Waals surface area contributed by atoms with Crippen molar-refractivity contribution in [1.82, 2.24) is 5.01 Å². The Morgan fingerprint density at radius 1 is 1.06 bits per heavy atom. The van der Waals surface area contributed by atoms with Crippen molar-refractivity contribution in [2.75, 3.05) is 7.11 Å². The number of carbonyl (C=O) groups is 1. The maximum Gasteiger partial charge on any atom is 0.311 e. The molecule has 0 spiro atoms. The summed E-state index contributed by atoms with van der Waals surface area (Å²) in [7, 11) is 1.66. The van der Waals surface area contributed by atoms with Crippen molar-refractivity contribution in [3.8, 4) is 5.75 Å². The summed E-state index contributed by atoms with van der Waals surface area (Å²) < 4.78 is 6.31. The molecule has 2 aliphatic rings. The van der Waals surface area contributed by atoms with E-state index >= 15 is 0 Å². The van der Waals surface area contributed by atoms with Crippen molar-refractivity contribution in [3.63, 3.8) is 0 Å². The highest BCUT2D eigenvalue weighted by atomic mass is 79.9. The lowest BCUT2D eigenvalue weighted by molar-refractivity contribution is 0.267. The first-order valence-corrected chi connectivity index (χ1v) is 12.1. The molecule has 2 aliphatic heterocycles. The lowest BCUT2D eigenvalue weighted by Gasteiger charge is -2.24. The van der Waals surface area contributed by atoms with Gasteiger partial charge >= 0.3 is 5.24 Å². The predicted molar refractivity (Wildman–Crippen MR) is 138 cm³/mol. The predicted octanol–water partition coefficient (Wildman–Crippen LogP) is 6.92. The molecule has 7 heteroatoms. The van der Waals surface area contributed by atoms with E-state index in [1.54, 1.807) is 7.11 Å². The number of hydrazone groups is 1. The average Bonchev–Trinajstić information content (AvgIpc) is 3.43. The zero-order chi connectivity index (χ0) is 22.8. The van der Waals surface area contributed by atoms with Gasteiger partial charge in [0.25, 0.3) is 0 Å². The lowest BCUT2D eigenvalue weighted by Crippen LogP contribution is -2.26. The largest absolute Gasteiger partial charge is 0.497 e. The second kappa shape index (κ2) is 9.37. The molecular formula is C26H20BrN3O2S. The SMILES string of the molecule is COc1ccc(C2CC(c3ccccc3)=NN2C2=NC(=O)S/C2=C\c2cccc(Br)c2)cc1. The monoisotopic (exact) mass is 517 g/mol. The fourth-order valence-electron chi connectivity index (χ4n) is 3.91. The Hall–Kier alpha value is -3.16. The van der Waals surface area contributed by atoms with Gasteiger partial charge in [-0.2, -0.15) is 10.1 Å². The van der Waals surface area contributed by atoms with E-state index < -0.39 is 0 Å². The van der Waals surface area contributed by atoms with E-state index in [2.05, 4.69) is 33.1 Å². The quantitative estimate of drug-likeness (QED) is 0.377. The first-order chi connectivity index (χ1) is 16.1. The van der Waals surface area contributed by atoms with Crippen LogP contribution in [-0.2, 0) is 0 Å². The molecule has 33 heavy (non-hydrogen) atoms. The van der Waals surface area contributed by atoms with Crippen LogP contribution in [0.4, 0.5) is 4.79 Å². The van der Waals surface area contributed by atoms with E-state index in [9.17, 15) is 4.79 Å². The van der Waals surface area contributed by atoms with Crippen LogP contribution in [0.15, 0.2) is 98.3 Å². The number of amides is 1. The number of methoxy groups -OCH3 is 1. The van der Waals surface area contributed by atoms with Gasteiger partial charge in [0.05, 0.1) is 23.8 Å². The van der Waals surface area contributed by atoms with E-state index in [1.807, 2.05) is 77.8 Å². The number of carbonyl (C=O) groups excluding carboxylic acids is 1. The van der Waals surface area contributed by atoms with Crippen LogP contribution in [0.1, 0.15) is 29.2 Å². The van der Waals surface area contributed by atoms with Crippen LogP contribution >= 0.6 is 27.7 Å². The zero-order valence-corrected chi connectivity index (χ0v) is 20.2. The summed E-state index contributed by atoms with van der Waals surface area (Å²) in [5.74, 6) is 1.38. The van der Waals surface area contributed by atoms with Gasteiger partial charge < -0.3 is 4.74 Å². The van der Waals surface area contributed by atoms with Crippen LogP contribution in [0.3, 0.4) is 0 Å². The molecule has 0 aromatic heterocycles. The molecule has 0 saturated heterocycles. The molecule has 3 aromatic carbocycles. The molecule has 2 heterocycles. The topological polar surface area (TPSA) is 54.3 Å². The first kappa shape index (κ1) is 21.7. The van der Waals surface area contributed by atoms with Gasteiger partial charge in [-0.3, -0.25) is 4.79 Å². The van der Waals surface area contributed by atoms with Gasteiger partial charge in [0, 0.05) is 10.9 Å². The van der Waals surface area contributed by atoms with Crippen molar-refractivity contribution in [1.29, 1.82) is 0 Å². The number of thioether (sulfide) groups is 1. The number of rotatable bonds is 4. The number of hydrogen-bond acceptors (Lipinski definition) is 5. The number of amidine groups is 1. The summed E-state index contributed by atoms with van der Waals surface area (Å²) in [6.07, 6.45) is 2.69. The highest BCUT2D eigenvalue weighted by molar-refractivity contribution is 9.10. The first-order valence-electron chi connectivity index (χ1n) is 10.4. The standard InChI is InChI=1S/C26H20BrN3O2S/c1-32-21-12-10-19(11-13-21)23-16-22(18-7-3-2-4-8-18)29-30(23)25-24(33-26(31)28-25)15-17-6-5-9-20(27)14-17/h2-15,23H,16H2,1H3/b24-15-. The highest BCUT2D eigenvalue weighted by Gasteiger charge is 2.36. The summed E-state index contributed by atoms with van der Waals surface area (Å²) in [4.78, 5) is 17.5. The van der Waals surface area contributed by atoms with Gasteiger partial charge in [0.15, 0.2) is 5.84 Å². The molecule has 5 rings (SSSR count). The summed E-state index contributed by atoms with van der Waals surface area (Å²) >= 11 is 4.65. The molecule has 0 saturated carbocycles. The van der Waals surface area contributed by atoms with Crippen molar-refractivity contribution in [2.24, 2.45) is 10.1 Å². The number of aliphatic imine (C=N–C) groups is 1. The Kier molecular flexibility index (Phi) is 6.15. The van der Waals surface area contributed by atoms with Gasteiger partial charge in [-0.1, -0.05) is 70.5 Å². The third-order valence-electron chi connectivity index (χ3n) is 5.50. The smallest absolute Gasteiger partial charge is 0.311 e. The highest BCUT2D eigenvalue weighted by Crippen LogP contribution is 2.40. The molecule has 0 radical (unpaired) electrons. The van der Waals surface area contributed by atoms with Gasteiger partial charge in [-0.25, -0.2) is 5.01 Å². The van der Waals surface area contributed by atoms with Gasteiger partial charge in [0.1, 0.15) is 5.75 Å². The number of benzene rings is 3. The van der Waals surface area contributed by atoms with Gasteiger partial charge in [0.2, 0.25) is 0 Å². The van der Waals surface area contributed by atoms with Gasteiger partial charge in [-0.05, 0) is 58.8 Å². The Bertz CT molecular complexity index is 1290. The van der Waals surface area contributed by atoms with Crippen LogP contribution in [0, 0.1) is 0 Å². The zero-order valence-electron chi connectivity index (χ0n) is 17.8. The molecule has 1 amide bonds. The summed E-state index contributed by atoms with van der Waals surface area (Å²) in [6.45, 7) is 0. The third kappa shape index (κ3) is 4.65.